The Morgan fingerprint density at radius 3 is 1.69 bits per heavy atom. The maximum atomic E-state index is 13.2. The van der Waals surface area contributed by atoms with Crippen LogP contribution in [0.15, 0.2) is 60.4 Å². The second-order valence-corrected chi connectivity index (χ2v) is 9.73. The number of carbonyl (C=O) groups excluding carboxylic acids is 3. The van der Waals surface area contributed by atoms with E-state index in [4.69, 9.17) is 0 Å². The van der Waals surface area contributed by atoms with E-state index in [2.05, 4.69) is 63.7 Å². The van der Waals surface area contributed by atoms with Gasteiger partial charge in [-0.1, -0.05) is 30.3 Å². The van der Waals surface area contributed by atoms with Crippen molar-refractivity contribution in [3.05, 3.63) is 82.6 Å². The summed E-state index contributed by atoms with van der Waals surface area (Å²) in [4.78, 5) is 40.3. The number of fused-ring (bicyclic) bond motifs is 4. The zero-order chi connectivity index (χ0) is 20.6. The molecule has 0 N–H and O–H groups in total. The van der Waals surface area contributed by atoms with Gasteiger partial charge in [0.05, 0.1) is 16.8 Å². The minimum Gasteiger partial charge on any atom is -0.289 e. The van der Waals surface area contributed by atoms with Crippen LogP contribution < -0.4 is 4.90 Å². The molecule has 0 radical (unpaired) electrons. The van der Waals surface area contributed by atoms with Crippen LogP contribution in [-0.2, 0) is 0 Å². The molecule has 0 unspecified atom stereocenters. The Morgan fingerprint density at radius 2 is 1.10 bits per heavy atom. The second kappa shape index (κ2) is 6.70. The molecule has 8 heteroatoms. The SMILES string of the molecule is O=C1c2ccccc2-c2ccc(N3C(=O)c4c(Br)c(Br)c(Br)c(Br)c4C3=O)cc21. The van der Waals surface area contributed by atoms with Gasteiger partial charge in [-0.25, -0.2) is 4.90 Å². The van der Waals surface area contributed by atoms with Gasteiger partial charge in [-0.3, -0.25) is 14.4 Å². The Labute approximate surface area is 198 Å². The molecule has 3 aromatic carbocycles. The molecule has 29 heavy (non-hydrogen) atoms. The molecule has 4 nitrogen and oxygen atoms in total. The van der Waals surface area contributed by atoms with E-state index in [1.54, 1.807) is 24.3 Å². The lowest BCUT2D eigenvalue weighted by atomic mass is 10.1. The number of amides is 2. The van der Waals surface area contributed by atoms with Crippen molar-refractivity contribution in [1.29, 1.82) is 0 Å². The van der Waals surface area contributed by atoms with Crippen molar-refractivity contribution >= 4 is 87.0 Å². The van der Waals surface area contributed by atoms with Crippen molar-refractivity contribution in [2.24, 2.45) is 0 Å². The fourth-order valence-corrected chi connectivity index (χ4v) is 6.20. The highest BCUT2D eigenvalue weighted by molar-refractivity contribution is 9.15. The molecule has 0 bridgehead atoms. The van der Waals surface area contributed by atoms with Crippen LogP contribution in [-0.4, -0.2) is 17.6 Å². The van der Waals surface area contributed by atoms with E-state index < -0.39 is 11.8 Å². The third kappa shape index (κ3) is 2.55. The molecule has 2 aliphatic rings. The van der Waals surface area contributed by atoms with Crippen molar-refractivity contribution < 1.29 is 14.4 Å². The van der Waals surface area contributed by atoms with E-state index >= 15 is 0 Å². The van der Waals surface area contributed by atoms with Crippen molar-refractivity contribution in [2.75, 3.05) is 4.90 Å². The second-order valence-electron chi connectivity index (χ2n) is 6.56. The normalized spacial score (nSPS) is 14.3. The zero-order valence-corrected chi connectivity index (χ0v) is 20.6. The summed E-state index contributed by atoms with van der Waals surface area (Å²) in [6.07, 6.45) is 0. The maximum absolute atomic E-state index is 13.2. The number of carbonyl (C=O) groups is 3. The first kappa shape index (κ1) is 19.4. The summed E-state index contributed by atoms with van der Waals surface area (Å²) in [6, 6.07) is 12.5. The first-order valence-electron chi connectivity index (χ1n) is 8.35. The molecule has 2 amide bonds. The van der Waals surface area contributed by atoms with Crippen LogP contribution in [0.25, 0.3) is 11.1 Å². The third-order valence-electron chi connectivity index (χ3n) is 5.07. The number of nitrogens with zero attached hydrogens (tertiary/aromatic N) is 1. The summed E-state index contributed by atoms with van der Waals surface area (Å²) in [5.41, 5.74) is 3.68. The van der Waals surface area contributed by atoms with Gasteiger partial charge in [-0.15, -0.1) is 0 Å². The van der Waals surface area contributed by atoms with Gasteiger partial charge in [0.15, 0.2) is 5.78 Å². The third-order valence-corrected chi connectivity index (χ3v) is 9.84. The van der Waals surface area contributed by atoms with Crippen molar-refractivity contribution in [3.63, 3.8) is 0 Å². The lowest BCUT2D eigenvalue weighted by Gasteiger charge is -2.15. The topological polar surface area (TPSA) is 54.5 Å². The van der Waals surface area contributed by atoms with Crippen LogP contribution in [0.1, 0.15) is 36.6 Å². The Bertz CT molecular complexity index is 1270. The summed E-state index contributed by atoms with van der Waals surface area (Å²) in [5, 5.41) is 0. The van der Waals surface area contributed by atoms with E-state index in [-0.39, 0.29) is 16.9 Å². The van der Waals surface area contributed by atoms with Crippen molar-refractivity contribution in [2.45, 2.75) is 0 Å². The number of ketones is 1. The lowest BCUT2D eigenvalue weighted by Crippen LogP contribution is -2.29. The highest BCUT2D eigenvalue weighted by Crippen LogP contribution is 2.47. The van der Waals surface area contributed by atoms with Gasteiger partial charge in [0.2, 0.25) is 0 Å². The predicted molar refractivity (Wildman–Crippen MR) is 124 cm³/mol. The number of halogens is 4. The number of rotatable bonds is 1. The molecule has 3 aromatic rings. The van der Waals surface area contributed by atoms with Gasteiger partial charge in [0.25, 0.3) is 11.8 Å². The predicted octanol–water partition coefficient (Wildman–Crippen LogP) is 6.75. The van der Waals surface area contributed by atoms with E-state index in [9.17, 15) is 14.4 Å². The molecule has 142 valence electrons. The standard InChI is InChI=1S/C21H7Br4NO3/c22-15-13-14(16(23)18(25)17(15)24)21(29)26(20(13)28)8-5-6-10-9-3-1-2-4-11(9)19(27)12(10)7-8/h1-7H. The first-order chi connectivity index (χ1) is 13.8. The average molecular weight is 641 g/mol. The molecular weight excluding hydrogens is 634 g/mol. The van der Waals surface area contributed by atoms with Crippen LogP contribution in [0.3, 0.4) is 0 Å². The molecule has 1 aliphatic heterocycles. The highest BCUT2D eigenvalue weighted by Gasteiger charge is 2.42. The van der Waals surface area contributed by atoms with Gasteiger partial charge in [0.1, 0.15) is 0 Å². The molecule has 1 heterocycles. The molecule has 0 aromatic heterocycles. The average Bonchev–Trinajstić information content (AvgIpc) is 3.16. The molecular formula is C21H7Br4NO3. The van der Waals surface area contributed by atoms with E-state index in [0.717, 1.165) is 16.0 Å². The van der Waals surface area contributed by atoms with Crippen molar-refractivity contribution in [1.82, 2.24) is 0 Å². The molecule has 0 spiro atoms. The fraction of sp³-hybridized carbons (Fsp3) is 0. The van der Waals surface area contributed by atoms with Crippen LogP contribution in [0.5, 0.6) is 0 Å². The summed E-state index contributed by atoms with van der Waals surface area (Å²) in [5.74, 6) is -1.01. The minimum absolute atomic E-state index is 0.109. The molecule has 0 fully saturated rings. The van der Waals surface area contributed by atoms with Gasteiger partial charge < -0.3 is 0 Å². The minimum atomic E-state index is -0.450. The first-order valence-corrected chi connectivity index (χ1v) is 11.5. The van der Waals surface area contributed by atoms with Gasteiger partial charge in [-0.05, 0) is 87.0 Å². The summed E-state index contributed by atoms with van der Waals surface area (Å²) in [7, 11) is 0. The van der Waals surface area contributed by atoms with Crippen LogP contribution in [0.4, 0.5) is 5.69 Å². The summed E-state index contributed by atoms with van der Waals surface area (Å²) < 4.78 is 2.25. The highest BCUT2D eigenvalue weighted by atomic mass is 79.9. The Balaban J connectivity index is 1.67. The van der Waals surface area contributed by atoms with Gasteiger partial charge >= 0.3 is 0 Å². The fourth-order valence-electron chi connectivity index (χ4n) is 3.74. The molecule has 1 aliphatic carbocycles. The molecule has 0 atom stereocenters. The number of benzene rings is 3. The van der Waals surface area contributed by atoms with Crippen LogP contribution >= 0.6 is 63.7 Å². The van der Waals surface area contributed by atoms with Crippen molar-refractivity contribution in [3.8, 4) is 11.1 Å². The quantitative estimate of drug-likeness (QED) is 0.131. The van der Waals surface area contributed by atoms with E-state index in [1.807, 2.05) is 18.2 Å². The largest absolute Gasteiger partial charge is 0.289 e. The van der Waals surface area contributed by atoms with Crippen LogP contribution in [0, 0.1) is 0 Å². The van der Waals surface area contributed by atoms with Crippen LogP contribution in [0.2, 0.25) is 0 Å². The Morgan fingerprint density at radius 1 is 0.586 bits per heavy atom. The summed E-state index contributed by atoms with van der Waals surface area (Å²) >= 11 is 13.7. The smallest absolute Gasteiger partial charge is 0.267 e. The Kier molecular flexibility index (Phi) is 4.47. The monoisotopic (exact) mass is 637 g/mol. The molecule has 5 rings (SSSR count). The van der Waals surface area contributed by atoms with E-state index in [0.29, 0.717) is 34.7 Å². The lowest BCUT2D eigenvalue weighted by molar-refractivity contribution is 0.0924. The number of anilines is 1. The molecule has 0 saturated carbocycles. The number of hydrogen-bond acceptors (Lipinski definition) is 3. The maximum Gasteiger partial charge on any atom is 0.267 e. The zero-order valence-electron chi connectivity index (χ0n) is 14.2. The van der Waals surface area contributed by atoms with E-state index in [1.165, 1.54) is 0 Å². The number of hydrogen-bond donors (Lipinski definition) is 0. The van der Waals surface area contributed by atoms with Gasteiger partial charge in [0, 0.05) is 29.0 Å². The molecule has 0 saturated heterocycles. The Hall–Kier alpha value is -1.61. The summed E-state index contributed by atoms with van der Waals surface area (Å²) in [6.45, 7) is 0. The number of imide groups is 1. The van der Waals surface area contributed by atoms with Gasteiger partial charge in [-0.2, -0.15) is 0 Å².